The Kier molecular flexibility index (Phi) is 2.02. The standard InChI is InChI=1S/C14H17N3O/c1-16-5-9-6-17(8-16)7-13-14(9)11-4-10(18)2-3-12(11)15-13/h2-4,9,15,18H,5-8H2,1H3. The number of nitrogens with zero attached hydrogens (tertiary/aromatic N) is 2. The Hall–Kier alpha value is -1.52. The Morgan fingerprint density at radius 2 is 2.22 bits per heavy atom. The quantitative estimate of drug-likeness (QED) is 0.739. The molecular formula is C14H17N3O. The van der Waals surface area contributed by atoms with Crippen LogP contribution in [-0.4, -0.2) is 46.7 Å². The van der Waals surface area contributed by atoms with E-state index in [1.165, 1.54) is 16.6 Å². The van der Waals surface area contributed by atoms with E-state index in [0.29, 0.717) is 11.7 Å². The van der Waals surface area contributed by atoms with E-state index in [1.807, 2.05) is 12.1 Å². The molecule has 3 heterocycles. The lowest BCUT2D eigenvalue weighted by Gasteiger charge is -2.42. The summed E-state index contributed by atoms with van der Waals surface area (Å²) in [6, 6.07) is 5.63. The number of fused-ring (bicyclic) bond motifs is 6. The highest BCUT2D eigenvalue weighted by molar-refractivity contribution is 5.87. The zero-order valence-corrected chi connectivity index (χ0v) is 10.5. The van der Waals surface area contributed by atoms with Gasteiger partial charge in [-0.1, -0.05) is 0 Å². The fourth-order valence-electron chi connectivity index (χ4n) is 3.57. The molecule has 0 spiro atoms. The van der Waals surface area contributed by atoms with E-state index in [4.69, 9.17) is 0 Å². The first-order chi connectivity index (χ1) is 8.70. The fraction of sp³-hybridized carbons (Fsp3) is 0.429. The normalized spacial score (nSPS) is 27.4. The molecule has 2 aliphatic rings. The van der Waals surface area contributed by atoms with Crippen molar-refractivity contribution in [2.24, 2.45) is 0 Å². The molecule has 1 aromatic heterocycles. The SMILES string of the molecule is CN1CC2CN(Cc3[nH]c4ccc(O)cc4c32)C1. The van der Waals surface area contributed by atoms with Crippen molar-refractivity contribution < 1.29 is 5.11 Å². The molecule has 2 atom stereocenters. The number of nitrogens with one attached hydrogen (secondary N) is 1. The number of hydrogen-bond acceptors (Lipinski definition) is 3. The Morgan fingerprint density at radius 3 is 3.11 bits per heavy atom. The van der Waals surface area contributed by atoms with E-state index in [9.17, 15) is 5.11 Å². The predicted octanol–water partition coefficient (Wildman–Crippen LogP) is 1.68. The third-order valence-electron chi connectivity index (χ3n) is 4.15. The molecule has 0 aliphatic carbocycles. The molecule has 4 rings (SSSR count). The van der Waals surface area contributed by atoms with Gasteiger partial charge >= 0.3 is 0 Å². The number of phenols is 1. The Balaban J connectivity index is 1.93. The van der Waals surface area contributed by atoms with Gasteiger partial charge in [0.1, 0.15) is 5.75 Å². The van der Waals surface area contributed by atoms with Crippen LogP contribution in [0.25, 0.3) is 10.9 Å². The van der Waals surface area contributed by atoms with Gasteiger partial charge < -0.3 is 10.1 Å². The molecule has 2 bridgehead atoms. The fourth-order valence-corrected chi connectivity index (χ4v) is 3.57. The number of hydrogen-bond donors (Lipinski definition) is 2. The van der Waals surface area contributed by atoms with Crippen LogP contribution in [0.2, 0.25) is 0 Å². The molecule has 1 saturated heterocycles. The third kappa shape index (κ3) is 1.39. The van der Waals surface area contributed by atoms with Crippen LogP contribution in [0.5, 0.6) is 5.75 Å². The summed E-state index contributed by atoms with van der Waals surface area (Å²) in [7, 11) is 2.18. The maximum atomic E-state index is 9.69. The second-order valence-corrected chi connectivity index (χ2v) is 5.64. The topological polar surface area (TPSA) is 42.5 Å². The van der Waals surface area contributed by atoms with Gasteiger partial charge in [-0.25, -0.2) is 0 Å². The molecule has 1 fully saturated rings. The molecule has 4 heteroatoms. The summed E-state index contributed by atoms with van der Waals surface area (Å²) in [5, 5.41) is 10.9. The van der Waals surface area contributed by atoms with Crippen molar-refractivity contribution in [1.82, 2.24) is 14.8 Å². The van der Waals surface area contributed by atoms with E-state index in [-0.39, 0.29) is 0 Å². The smallest absolute Gasteiger partial charge is 0.116 e. The minimum atomic E-state index is 0.357. The predicted molar refractivity (Wildman–Crippen MR) is 70.6 cm³/mol. The number of rotatable bonds is 0. The van der Waals surface area contributed by atoms with E-state index >= 15 is 0 Å². The Labute approximate surface area is 106 Å². The van der Waals surface area contributed by atoms with Crippen LogP contribution in [0.3, 0.4) is 0 Å². The zero-order valence-electron chi connectivity index (χ0n) is 10.5. The van der Waals surface area contributed by atoms with Gasteiger partial charge in [-0.05, 0) is 30.8 Å². The van der Waals surface area contributed by atoms with Crippen LogP contribution < -0.4 is 0 Å². The average molecular weight is 243 g/mol. The lowest BCUT2D eigenvalue weighted by Crippen LogP contribution is -2.49. The molecule has 2 unspecified atom stereocenters. The lowest BCUT2D eigenvalue weighted by atomic mass is 9.90. The van der Waals surface area contributed by atoms with E-state index in [2.05, 4.69) is 21.8 Å². The highest BCUT2D eigenvalue weighted by atomic mass is 16.3. The molecule has 2 N–H and O–H groups in total. The van der Waals surface area contributed by atoms with Crippen molar-refractivity contribution in [3.8, 4) is 5.75 Å². The van der Waals surface area contributed by atoms with Gasteiger partial charge in [0, 0.05) is 42.1 Å². The Bertz CT molecular complexity index is 619. The minimum absolute atomic E-state index is 0.357. The molecule has 18 heavy (non-hydrogen) atoms. The number of aromatic hydroxyl groups is 1. The van der Waals surface area contributed by atoms with Gasteiger partial charge in [0.15, 0.2) is 0 Å². The highest BCUT2D eigenvalue weighted by Gasteiger charge is 2.33. The summed E-state index contributed by atoms with van der Waals surface area (Å²) in [6.07, 6.45) is 0. The van der Waals surface area contributed by atoms with E-state index in [0.717, 1.165) is 31.8 Å². The second kappa shape index (κ2) is 3.49. The summed E-state index contributed by atoms with van der Waals surface area (Å²) in [5.41, 5.74) is 3.90. The number of H-pyrrole nitrogens is 1. The van der Waals surface area contributed by atoms with Crippen molar-refractivity contribution >= 4 is 10.9 Å². The second-order valence-electron chi connectivity index (χ2n) is 5.64. The van der Waals surface area contributed by atoms with Crippen molar-refractivity contribution in [2.45, 2.75) is 12.5 Å². The van der Waals surface area contributed by atoms with Crippen molar-refractivity contribution in [2.75, 3.05) is 26.8 Å². The van der Waals surface area contributed by atoms with Crippen LogP contribution in [-0.2, 0) is 6.54 Å². The summed E-state index contributed by atoms with van der Waals surface area (Å²) >= 11 is 0. The molecule has 2 aliphatic heterocycles. The summed E-state index contributed by atoms with van der Waals surface area (Å²) in [4.78, 5) is 8.37. The number of aromatic amines is 1. The maximum Gasteiger partial charge on any atom is 0.116 e. The molecular weight excluding hydrogens is 226 g/mol. The number of benzene rings is 1. The number of aromatic nitrogens is 1. The average Bonchev–Trinajstić information content (AvgIpc) is 2.65. The van der Waals surface area contributed by atoms with Crippen LogP contribution in [0, 0.1) is 0 Å². The largest absolute Gasteiger partial charge is 0.508 e. The van der Waals surface area contributed by atoms with Crippen LogP contribution in [0.1, 0.15) is 17.2 Å². The van der Waals surface area contributed by atoms with Crippen LogP contribution in [0.15, 0.2) is 18.2 Å². The first-order valence-electron chi connectivity index (χ1n) is 6.45. The lowest BCUT2D eigenvalue weighted by molar-refractivity contribution is 0.0730. The molecule has 0 radical (unpaired) electrons. The van der Waals surface area contributed by atoms with Crippen LogP contribution in [0.4, 0.5) is 0 Å². The Morgan fingerprint density at radius 1 is 1.33 bits per heavy atom. The molecule has 94 valence electrons. The first-order valence-corrected chi connectivity index (χ1v) is 6.45. The maximum absolute atomic E-state index is 9.69. The zero-order chi connectivity index (χ0) is 12.3. The molecule has 1 aromatic carbocycles. The number of likely N-dealkylation sites (N-methyl/N-ethyl adjacent to an activating group) is 1. The molecule has 4 nitrogen and oxygen atoms in total. The first kappa shape index (κ1) is 10.4. The molecule has 2 aromatic rings. The summed E-state index contributed by atoms with van der Waals surface area (Å²) < 4.78 is 0. The van der Waals surface area contributed by atoms with E-state index < -0.39 is 0 Å². The van der Waals surface area contributed by atoms with Gasteiger partial charge in [0.2, 0.25) is 0 Å². The van der Waals surface area contributed by atoms with Crippen molar-refractivity contribution in [3.63, 3.8) is 0 Å². The van der Waals surface area contributed by atoms with Gasteiger partial charge in [0.25, 0.3) is 0 Å². The van der Waals surface area contributed by atoms with E-state index in [1.54, 1.807) is 6.07 Å². The molecule has 0 amide bonds. The van der Waals surface area contributed by atoms with Gasteiger partial charge in [0.05, 0.1) is 6.67 Å². The number of phenolic OH excluding ortho intramolecular Hbond substituents is 1. The van der Waals surface area contributed by atoms with Gasteiger partial charge in [-0.15, -0.1) is 0 Å². The summed E-state index contributed by atoms with van der Waals surface area (Å²) in [5.74, 6) is 0.916. The summed E-state index contributed by atoms with van der Waals surface area (Å²) in [6.45, 7) is 4.29. The minimum Gasteiger partial charge on any atom is -0.508 e. The van der Waals surface area contributed by atoms with Gasteiger partial charge in [-0.3, -0.25) is 9.80 Å². The van der Waals surface area contributed by atoms with Crippen molar-refractivity contribution in [3.05, 3.63) is 29.5 Å². The monoisotopic (exact) mass is 243 g/mol. The third-order valence-corrected chi connectivity index (χ3v) is 4.15. The highest BCUT2D eigenvalue weighted by Crippen LogP contribution is 2.38. The van der Waals surface area contributed by atoms with Crippen molar-refractivity contribution in [1.29, 1.82) is 0 Å². The van der Waals surface area contributed by atoms with Gasteiger partial charge in [-0.2, -0.15) is 0 Å². The molecule has 0 saturated carbocycles. The van der Waals surface area contributed by atoms with Crippen LogP contribution >= 0.6 is 0 Å².